The van der Waals surface area contributed by atoms with Gasteiger partial charge in [-0.05, 0) is 12.5 Å². The van der Waals surface area contributed by atoms with Gasteiger partial charge >= 0.3 is 0 Å². The average molecular weight is 150 g/mol. The quantitative estimate of drug-likeness (QED) is 0.578. The lowest BCUT2D eigenvalue weighted by Gasteiger charge is -1.99. The fourth-order valence-electron chi connectivity index (χ4n) is 0.403. The predicted octanol–water partition coefficient (Wildman–Crippen LogP) is 0.711. The summed E-state index contributed by atoms with van der Waals surface area (Å²) >= 11 is 5.37. The van der Waals surface area contributed by atoms with Crippen LogP contribution in [-0.4, -0.2) is 24.8 Å². The summed E-state index contributed by atoms with van der Waals surface area (Å²) in [6, 6.07) is 0. The molecule has 0 amide bonds. The lowest BCUT2D eigenvalue weighted by Crippen LogP contribution is -2.19. The Morgan fingerprint density at radius 3 is 2.89 bits per heavy atom. The number of aliphatic hydroxyl groups is 1. The molecule has 0 saturated heterocycles. The maximum absolute atomic E-state index is 8.34. The van der Waals surface area contributed by atoms with E-state index in [1.807, 2.05) is 6.92 Å². The minimum atomic E-state index is 0.176. The fourth-order valence-corrected chi connectivity index (χ4v) is 0.480. The summed E-state index contributed by atoms with van der Waals surface area (Å²) < 4.78 is 0. The summed E-state index contributed by atoms with van der Waals surface area (Å²) in [4.78, 5) is 0. The third kappa shape index (κ3) is 5.83. The van der Waals surface area contributed by atoms with E-state index in [-0.39, 0.29) is 6.61 Å². The Morgan fingerprint density at radius 1 is 1.78 bits per heavy atom. The normalized spacial score (nSPS) is 12.1. The lowest BCUT2D eigenvalue weighted by atomic mass is 10.3. The fraction of sp³-hybridized carbons (Fsp3) is 0.667. The van der Waals surface area contributed by atoms with Crippen LogP contribution in [0.3, 0.4) is 0 Å². The minimum Gasteiger partial charge on any atom is -0.395 e. The molecule has 0 saturated carbocycles. The molecule has 0 aromatic heterocycles. The first-order valence-electron chi connectivity index (χ1n) is 2.88. The van der Waals surface area contributed by atoms with Crippen LogP contribution in [0.1, 0.15) is 6.92 Å². The third-order valence-corrected chi connectivity index (χ3v) is 1.25. The van der Waals surface area contributed by atoms with Crippen LogP contribution in [-0.2, 0) is 0 Å². The maximum atomic E-state index is 8.34. The number of rotatable bonds is 4. The molecule has 0 spiro atoms. The second-order valence-electron chi connectivity index (χ2n) is 1.86. The van der Waals surface area contributed by atoms with Crippen molar-refractivity contribution in [2.24, 2.45) is 0 Å². The van der Waals surface area contributed by atoms with Gasteiger partial charge in [0.25, 0.3) is 0 Å². The van der Waals surface area contributed by atoms with Crippen LogP contribution in [0.5, 0.6) is 0 Å². The molecule has 0 heterocycles. The van der Waals surface area contributed by atoms with E-state index in [0.717, 1.165) is 12.1 Å². The molecule has 0 aliphatic heterocycles. The molecular formula is C6H12ClNO. The molecule has 54 valence electrons. The molecule has 0 fully saturated rings. The second-order valence-corrected chi connectivity index (χ2v) is 2.07. The largest absolute Gasteiger partial charge is 0.395 e. The topological polar surface area (TPSA) is 32.3 Å². The standard InChI is InChI=1S/C6H12ClNO/c1-6(4-7)5-8-2-3-9/h4,8-9H,2-3,5H2,1H3. The van der Waals surface area contributed by atoms with Gasteiger partial charge in [-0.1, -0.05) is 11.6 Å². The Hall–Kier alpha value is -0.0500. The molecule has 2 nitrogen and oxygen atoms in total. The van der Waals surface area contributed by atoms with Gasteiger partial charge in [0.2, 0.25) is 0 Å². The Kier molecular flexibility index (Phi) is 6.04. The van der Waals surface area contributed by atoms with Crippen molar-refractivity contribution in [3.05, 3.63) is 11.1 Å². The Labute approximate surface area is 60.5 Å². The van der Waals surface area contributed by atoms with E-state index < -0.39 is 0 Å². The zero-order valence-electron chi connectivity index (χ0n) is 5.52. The van der Waals surface area contributed by atoms with Crippen LogP contribution in [0.2, 0.25) is 0 Å². The highest BCUT2D eigenvalue weighted by Gasteiger charge is 1.85. The Bertz CT molecular complexity index is 93.1. The first kappa shape index (κ1) is 8.95. The Balaban J connectivity index is 3.07. The molecule has 2 N–H and O–H groups in total. The van der Waals surface area contributed by atoms with E-state index in [2.05, 4.69) is 5.32 Å². The van der Waals surface area contributed by atoms with Gasteiger partial charge in [0.05, 0.1) is 6.61 Å². The van der Waals surface area contributed by atoms with E-state index in [4.69, 9.17) is 16.7 Å². The highest BCUT2D eigenvalue weighted by Crippen LogP contribution is 1.90. The van der Waals surface area contributed by atoms with Gasteiger partial charge in [-0.2, -0.15) is 0 Å². The van der Waals surface area contributed by atoms with E-state index in [1.165, 1.54) is 5.54 Å². The van der Waals surface area contributed by atoms with Gasteiger partial charge in [-0.15, -0.1) is 0 Å². The SMILES string of the molecule is CC(=CCl)CNCCO. The molecular weight excluding hydrogens is 138 g/mol. The summed E-state index contributed by atoms with van der Waals surface area (Å²) in [7, 11) is 0. The van der Waals surface area contributed by atoms with Crippen molar-refractivity contribution >= 4 is 11.6 Å². The summed E-state index contributed by atoms with van der Waals surface area (Å²) in [5, 5.41) is 11.3. The molecule has 0 aromatic rings. The van der Waals surface area contributed by atoms with Gasteiger partial charge < -0.3 is 10.4 Å². The minimum absolute atomic E-state index is 0.176. The van der Waals surface area contributed by atoms with Crippen molar-refractivity contribution < 1.29 is 5.11 Å². The lowest BCUT2D eigenvalue weighted by molar-refractivity contribution is 0.294. The number of nitrogens with one attached hydrogen (secondary N) is 1. The van der Waals surface area contributed by atoms with E-state index >= 15 is 0 Å². The van der Waals surface area contributed by atoms with Crippen molar-refractivity contribution in [2.75, 3.05) is 19.7 Å². The highest BCUT2D eigenvalue weighted by molar-refractivity contribution is 6.25. The van der Waals surface area contributed by atoms with Gasteiger partial charge in [-0.3, -0.25) is 0 Å². The maximum Gasteiger partial charge on any atom is 0.0556 e. The smallest absolute Gasteiger partial charge is 0.0556 e. The first-order chi connectivity index (χ1) is 4.31. The zero-order valence-corrected chi connectivity index (χ0v) is 6.28. The average Bonchev–Trinajstić information content (AvgIpc) is 1.89. The summed E-state index contributed by atoms with van der Waals surface area (Å²) in [5.74, 6) is 0. The molecule has 3 heteroatoms. The zero-order chi connectivity index (χ0) is 7.11. The van der Waals surface area contributed by atoms with Crippen molar-refractivity contribution in [1.29, 1.82) is 0 Å². The molecule has 0 atom stereocenters. The number of hydrogen-bond donors (Lipinski definition) is 2. The van der Waals surface area contributed by atoms with Crippen LogP contribution in [0, 0.1) is 0 Å². The van der Waals surface area contributed by atoms with Crippen molar-refractivity contribution in [3.63, 3.8) is 0 Å². The summed E-state index contributed by atoms with van der Waals surface area (Å²) in [5.41, 5.74) is 2.61. The van der Waals surface area contributed by atoms with Crippen molar-refractivity contribution in [1.82, 2.24) is 5.32 Å². The molecule has 0 aliphatic carbocycles. The monoisotopic (exact) mass is 149 g/mol. The molecule has 0 aliphatic rings. The molecule has 0 radical (unpaired) electrons. The number of halogens is 1. The first-order valence-corrected chi connectivity index (χ1v) is 3.32. The van der Waals surface area contributed by atoms with Crippen molar-refractivity contribution in [3.8, 4) is 0 Å². The van der Waals surface area contributed by atoms with E-state index in [9.17, 15) is 0 Å². The van der Waals surface area contributed by atoms with Crippen LogP contribution < -0.4 is 5.32 Å². The van der Waals surface area contributed by atoms with Crippen LogP contribution in [0.25, 0.3) is 0 Å². The number of aliphatic hydroxyl groups excluding tert-OH is 1. The molecule has 0 bridgehead atoms. The molecule has 0 rings (SSSR count). The molecule has 0 unspecified atom stereocenters. The molecule has 9 heavy (non-hydrogen) atoms. The van der Waals surface area contributed by atoms with Gasteiger partial charge in [0, 0.05) is 18.6 Å². The second kappa shape index (κ2) is 6.08. The Morgan fingerprint density at radius 2 is 2.44 bits per heavy atom. The van der Waals surface area contributed by atoms with E-state index in [0.29, 0.717) is 6.54 Å². The highest BCUT2D eigenvalue weighted by atomic mass is 35.5. The van der Waals surface area contributed by atoms with Gasteiger partial charge in [0.15, 0.2) is 0 Å². The van der Waals surface area contributed by atoms with Crippen molar-refractivity contribution in [2.45, 2.75) is 6.92 Å². The third-order valence-electron chi connectivity index (χ3n) is 0.879. The van der Waals surface area contributed by atoms with Gasteiger partial charge in [-0.25, -0.2) is 0 Å². The van der Waals surface area contributed by atoms with Gasteiger partial charge in [0.1, 0.15) is 0 Å². The molecule has 0 aromatic carbocycles. The van der Waals surface area contributed by atoms with Crippen LogP contribution in [0.4, 0.5) is 0 Å². The number of hydrogen-bond acceptors (Lipinski definition) is 2. The van der Waals surface area contributed by atoms with E-state index in [1.54, 1.807) is 0 Å². The van der Waals surface area contributed by atoms with Crippen LogP contribution >= 0.6 is 11.6 Å². The summed E-state index contributed by atoms with van der Waals surface area (Å²) in [6.07, 6.45) is 0. The van der Waals surface area contributed by atoms with Crippen LogP contribution in [0.15, 0.2) is 11.1 Å². The summed E-state index contributed by atoms with van der Waals surface area (Å²) in [6.45, 7) is 3.49. The predicted molar refractivity (Wildman–Crippen MR) is 39.6 cm³/mol.